The summed E-state index contributed by atoms with van der Waals surface area (Å²) < 4.78 is 5.23. The number of rotatable bonds is 6. The first kappa shape index (κ1) is 21.4. The van der Waals surface area contributed by atoms with Crippen LogP contribution in [0.3, 0.4) is 0 Å². The summed E-state index contributed by atoms with van der Waals surface area (Å²) in [5, 5.41) is 5.71. The van der Waals surface area contributed by atoms with Crippen molar-refractivity contribution in [2.24, 2.45) is 0 Å². The van der Waals surface area contributed by atoms with Gasteiger partial charge in [0, 0.05) is 16.0 Å². The zero-order chi connectivity index (χ0) is 21.0. The molecule has 3 aromatic rings. The number of aryl methyl sites for hydroxylation is 1. The number of benzene rings is 2. The van der Waals surface area contributed by atoms with Gasteiger partial charge in [0.05, 0.1) is 17.2 Å². The molecule has 0 aliphatic carbocycles. The SMILES string of the molecule is CCOC(=O)c1c(-c2ccc(CC)cc2)csc1NC(=O)c1ccc(Cl)cc1Cl. The normalized spacial score (nSPS) is 10.6. The first-order valence-electron chi connectivity index (χ1n) is 9.08. The quantitative estimate of drug-likeness (QED) is 0.426. The van der Waals surface area contributed by atoms with Gasteiger partial charge in [-0.05, 0) is 42.7 Å². The first-order valence-corrected chi connectivity index (χ1v) is 10.7. The largest absolute Gasteiger partial charge is 0.462 e. The number of halogens is 2. The van der Waals surface area contributed by atoms with Crippen LogP contribution in [0.25, 0.3) is 11.1 Å². The molecule has 1 N–H and O–H groups in total. The zero-order valence-corrected chi connectivity index (χ0v) is 18.3. The minimum Gasteiger partial charge on any atom is -0.462 e. The van der Waals surface area contributed by atoms with Gasteiger partial charge in [0.1, 0.15) is 10.6 Å². The Labute approximate surface area is 183 Å². The maximum absolute atomic E-state index is 12.7. The molecule has 0 bridgehead atoms. The average molecular weight is 448 g/mol. The van der Waals surface area contributed by atoms with Crippen molar-refractivity contribution in [1.29, 1.82) is 0 Å². The van der Waals surface area contributed by atoms with Gasteiger partial charge < -0.3 is 10.1 Å². The molecular formula is C22H19Cl2NO3S. The van der Waals surface area contributed by atoms with E-state index in [-0.39, 0.29) is 17.2 Å². The van der Waals surface area contributed by atoms with Crippen molar-refractivity contribution in [2.75, 3.05) is 11.9 Å². The highest BCUT2D eigenvalue weighted by Crippen LogP contribution is 2.37. The first-order chi connectivity index (χ1) is 13.9. The molecule has 7 heteroatoms. The molecule has 0 spiro atoms. The summed E-state index contributed by atoms with van der Waals surface area (Å²) in [6, 6.07) is 12.6. The lowest BCUT2D eigenvalue weighted by Crippen LogP contribution is -2.15. The van der Waals surface area contributed by atoms with Crippen molar-refractivity contribution in [3.05, 3.63) is 74.6 Å². The molecule has 0 saturated carbocycles. The second-order valence-electron chi connectivity index (χ2n) is 6.20. The number of ether oxygens (including phenoxy) is 1. The van der Waals surface area contributed by atoms with Crippen molar-refractivity contribution in [3.8, 4) is 11.1 Å². The fraction of sp³-hybridized carbons (Fsp3) is 0.182. The molecule has 150 valence electrons. The average Bonchev–Trinajstić information content (AvgIpc) is 3.11. The Bertz CT molecular complexity index is 1040. The predicted molar refractivity (Wildman–Crippen MR) is 120 cm³/mol. The molecule has 2 aromatic carbocycles. The molecular weight excluding hydrogens is 429 g/mol. The summed E-state index contributed by atoms with van der Waals surface area (Å²) in [4.78, 5) is 25.4. The smallest absolute Gasteiger partial charge is 0.341 e. The van der Waals surface area contributed by atoms with Gasteiger partial charge >= 0.3 is 5.97 Å². The molecule has 0 aliphatic rings. The molecule has 0 atom stereocenters. The van der Waals surface area contributed by atoms with Gasteiger partial charge in [-0.25, -0.2) is 4.79 Å². The fourth-order valence-corrected chi connectivity index (χ4v) is 4.28. The third-order valence-corrected chi connectivity index (χ3v) is 5.79. The lowest BCUT2D eigenvalue weighted by molar-refractivity contribution is 0.0529. The van der Waals surface area contributed by atoms with Crippen LogP contribution in [0.1, 0.15) is 40.1 Å². The maximum atomic E-state index is 12.7. The number of hydrogen-bond acceptors (Lipinski definition) is 4. The minimum absolute atomic E-state index is 0.235. The van der Waals surface area contributed by atoms with E-state index in [1.807, 2.05) is 29.6 Å². The maximum Gasteiger partial charge on any atom is 0.341 e. The topological polar surface area (TPSA) is 55.4 Å². The van der Waals surface area contributed by atoms with E-state index in [9.17, 15) is 9.59 Å². The molecule has 0 saturated heterocycles. The van der Waals surface area contributed by atoms with Crippen LogP contribution < -0.4 is 5.32 Å². The highest BCUT2D eigenvalue weighted by Gasteiger charge is 2.23. The van der Waals surface area contributed by atoms with Gasteiger partial charge in [-0.3, -0.25) is 4.79 Å². The molecule has 29 heavy (non-hydrogen) atoms. The lowest BCUT2D eigenvalue weighted by Gasteiger charge is -2.10. The van der Waals surface area contributed by atoms with Crippen molar-refractivity contribution in [3.63, 3.8) is 0 Å². The Morgan fingerprint density at radius 3 is 2.41 bits per heavy atom. The Kier molecular flexibility index (Phi) is 6.96. The van der Waals surface area contributed by atoms with Gasteiger partial charge in [0.2, 0.25) is 0 Å². The van der Waals surface area contributed by atoms with Crippen molar-refractivity contribution in [1.82, 2.24) is 0 Å². The second-order valence-corrected chi connectivity index (χ2v) is 7.93. The molecule has 3 rings (SSSR count). The number of amides is 1. The van der Waals surface area contributed by atoms with E-state index in [1.165, 1.54) is 23.0 Å². The Morgan fingerprint density at radius 1 is 1.07 bits per heavy atom. The summed E-state index contributed by atoms with van der Waals surface area (Å²) >= 11 is 13.3. The minimum atomic E-state index is -0.485. The standard InChI is InChI=1S/C22H19Cl2NO3S/c1-3-13-5-7-14(8-6-13)17-12-29-21(19(17)22(27)28-4-2)25-20(26)16-10-9-15(23)11-18(16)24/h5-12H,3-4H2,1-2H3,(H,25,26). The number of anilines is 1. The summed E-state index contributed by atoms with van der Waals surface area (Å²) in [7, 11) is 0. The van der Waals surface area contributed by atoms with Crippen LogP contribution in [-0.2, 0) is 11.2 Å². The molecule has 0 aliphatic heterocycles. The predicted octanol–water partition coefficient (Wildman–Crippen LogP) is 6.71. The van der Waals surface area contributed by atoms with Crippen molar-refractivity contribution >= 4 is 51.4 Å². The summed E-state index contributed by atoms with van der Waals surface area (Å²) in [6.07, 6.45) is 0.928. The van der Waals surface area contributed by atoms with Crippen LogP contribution in [-0.4, -0.2) is 18.5 Å². The number of carbonyl (C=O) groups excluding carboxylic acids is 2. The van der Waals surface area contributed by atoms with Gasteiger partial charge in [-0.1, -0.05) is 54.4 Å². The summed E-state index contributed by atoms with van der Waals surface area (Å²) in [5.41, 5.74) is 3.40. The molecule has 1 aromatic heterocycles. The van der Waals surface area contributed by atoms with Gasteiger partial charge in [-0.15, -0.1) is 11.3 Å². The molecule has 1 heterocycles. The number of esters is 1. The Morgan fingerprint density at radius 2 is 1.79 bits per heavy atom. The van der Waals surface area contributed by atoms with Crippen molar-refractivity contribution < 1.29 is 14.3 Å². The van der Waals surface area contributed by atoms with Crippen LogP contribution in [0.15, 0.2) is 47.8 Å². The van der Waals surface area contributed by atoms with Crippen LogP contribution >= 0.6 is 34.5 Å². The summed E-state index contributed by atoms with van der Waals surface area (Å²) in [5.74, 6) is -0.909. The molecule has 4 nitrogen and oxygen atoms in total. The van der Waals surface area contributed by atoms with E-state index < -0.39 is 11.9 Å². The highest BCUT2D eigenvalue weighted by atomic mass is 35.5. The number of hydrogen-bond donors (Lipinski definition) is 1. The van der Waals surface area contributed by atoms with Gasteiger partial charge in [0.25, 0.3) is 5.91 Å². The monoisotopic (exact) mass is 447 g/mol. The molecule has 0 radical (unpaired) electrons. The molecule has 0 fully saturated rings. The summed E-state index contributed by atoms with van der Waals surface area (Å²) in [6.45, 7) is 4.06. The number of nitrogens with one attached hydrogen (secondary N) is 1. The van der Waals surface area contributed by atoms with Gasteiger partial charge in [0.15, 0.2) is 0 Å². The van der Waals surface area contributed by atoms with E-state index in [0.29, 0.717) is 21.2 Å². The lowest BCUT2D eigenvalue weighted by atomic mass is 10.0. The third-order valence-electron chi connectivity index (χ3n) is 4.35. The number of thiophene rings is 1. The van der Waals surface area contributed by atoms with Crippen LogP contribution in [0.5, 0.6) is 0 Å². The van der Waals surface area contributed by atoms with E-state index >= 15 is 0 Å². The Balaban J connectivity index is 1.98. The van der Waals surface area contributed by atoms with E-state index in [4.69, 9.17) is 27.9 Å². The third kappa shape index (κ3) is 4.81. The van der Waals surface area contributed by atoms with Crippen LogP contribution in [0, 0.1) is 0 Å². The fourth-order valence-electron chi connectivity index (χ4n) is 2.83. The highest BCUT2D eigenvalue weighted by molar-refractivity contribution is 7.15. The van der Waals surface area contributed by atoms with Crippen molar-refractivity contribution in [2.45, 2.75) is 20.3 Å². The Hall–Kier alpha value is -2.34. The molecule has 0 unspecified atom stereocenters. The second kappa shape index (κ2) is 9.44. The van der Waals surface area contributed by atoms with Gasteiger partial charge in [-0.2, -0.15) is 0 Å². The van der Waals surface area contributed by atoms with E-state index in [0.717, 1.165) is 12.0 Å². The van der Waals surface area contributed by atoms with E-state index in [1.54, 1.807) is 19.1 Å². The molecule has 1 amide bonds. The van der Waals surface area contributed by atoms with Crippen LogP contribution in [0.2, 0.25) is 10.0 Å². The number of carbonyl (C=O) groups is 2. The zero-order valence-electron chi connectivity index (χ0n) is 15.9. The van der Waals surface area contributed by atoms with E-state index in [2.05, 4.69) is 12.2 Å². The van der Waals surface area contributed by atoms with Crippen LogP contribution in [0.4, 0.5) is 5.00 Å².